The Morgan fingerprint density at radius 3 is 0.917 bits per heavy atom. The monoisotopic (exact) mass is 1690 g/mol. The van der Waals surface area contributed by atoms with Crippen LogP contribution in [-0.2, 0) is 80.0 Å². The fourth-order valence-electron chi connectivity index (χ4n) is 18.8. The number of nitrogens with one attached hydrogen (secondary N) is 12. The number of rotatable bonds is 28. The molecule has 4 bridgehead atoms. The maximum absolute atomic E-state index is 15.7. The van der Waals surface area contributed by atoms with Crippen molar-refractivity contribution in [3.63, 3.8) is 0 Å². The molecule has 7 fully saturated rings. The molecule has 34 nitrogen and oxygen atoms in total. The van der Waals surface area contributed by atoms with Crippen molar-refractivity contribution in [1.29, 1.82) is 0 Å². The molecule has 0 aromatic heterocycles. The number of hydrogen-bond acceptors (Lipinski definition) is 20. The Kier molecular flexibility index (Phi) is 38.6. The normalized spacial score (nSPS) is 29.8. The Morgan fingerprint density at radius 1 is 0.331 bits per heavy atom. The molecule has 14 amide bonds. The Balaban J connectivity index is 1.18. The van der Waals surface area contributed by atoms with E-state index in [2.05, 4.69) is 63.8 Å². The Hall–Kier alpha value is -9.22. The standard InChI is InChI=1S/C87H140N20O14/c1-51(2)41-65-79(114)94-59(25-13-33-88)75(110)103-68(47-55-23-11-8-12-24-55)86(121)107-40-20-32-70(107)82(117)97-64(30-18-38-93)78(113)105-72(87-48-56-43-57(49-87)45-58(44-56)50-87)84(119)99-62(28-16-36-91)74(109)101-66(42-52(3)4)80(115)95-60(26-14-34-89)76(111)102-67(46-54-21-9-7-10-22-54)85(120)106-39-19-31-69(106)81(116)96-63(29-17-37-92)77(112)104-71(53(5)6)83(118)98-61(27-15-35-90)73(108)100-65/h7-12,21-24,51-53,56-72H,13-20,25-50,88-93H2,1-6H3,(H,94,114)(H,95,115)(H,96,116)(H,97,117)(H,98,118)(H,99,119)(H,100,108)(H,101,109)(H,102,111)(H,103,110)(H,104,112)(H,105,113)/t56?,57?,58?,59-,60-,61-,62-,63-,64-,65-,66-,67+,68+,69-,70-,71-,72+,87?/m0/s1. The van der Waals surface area contributed by atoms with Crippen LogP contribution in [0.1, 0.15) is 207 Å². The van der Waals surface area contributed by atoms with Gasteiger partial charge in [0.2, 0.25) is 82.7 Å². The van der Waals surface area contributed by atoms with Crippen LogP contribution in [0.3, 0.4) is 0 Å². The van der Waals surface area contributed by atoms with Gasteiger partial charge >= 0.3 is 0 Å². The number of amides is 14. The molecule has 0 radical (unpaired) electrons. The zero-order valence-corrected chi connectivity index (χ0v) is 71.9. The second-order valence-corrected chi connectivity index (χ2v) is 35.7. The van der Waals surface area contributed by atoms with Crippen LogP contribution < -0.4 is 98.2 Å². The molecule has 2 aromatic rings. The van der Waals surface area contributed by atoms with Gasteiger partial charge in [0, 0.05) is 31.3 Å². The summed E-state index contributed by atoms with van der Waals surface area (Å²) < 4.78 is 0. The number of nitrogens with two attached hydrogens (primary N) is 6. The van der Waals surface area contributed by atoms with Crippen LogP contribution in [0.25, 0.3) is 0 Å². The maximum Gasteiger partial charge on any atom is 0.246 e. The number of nitrogens with zero attached hydrogens (tertiary/aromatic N) is 2. The summed E-state index contributed by atoms with van der Waals surface area (Å²) in [7, 11) is 0. The van der Waals surface area contributed by atoms with E-state index in [0.29, 0.717) is 43.2 Å². The first-order valence-electron chi connectivity index (χ1n) is 44.5. The van der Waals surface area contributed by atoms with Gasteiger partial charge in [-0.25, -0.2) is 0 Å². The fraction of sp³-hybridized carbons (Fsp3) is 0.701. The lowest BCUT2D eigenvalue weighted by atomic mass is 9.47. The summed E-state index contributed by atoms with van der Waals surface area (Å²) in [5.41, 5.74) is 37.0. The summed E-state index contributed by atoms with van der Waals surface area (Å²) in [5, 5.41) is 34.8. The van der Waals surface area contributed by atoms with Crippen molar-refractivity contribution in [2.45, 2.75) is 293 Å². The van der Waals surface area contributed by atoms with Crippen LogP contribution in [0.15, 0.2) is 60.7 Å². The highest BCUT2D eigenvalue weighted by molar-refractivity contribution is 6.01. The van der Waals surface area contributed by atoms with Crippen LogP contribution in [-0.4, -0.2) is 229 Å². The predicted octanol–water partition coefficient (Wildman–Crippen LogP) is -0.317. The van der Waals surface area contributed by atoms with Crippen molar-refractivity contribution in [3.05, 3.63) is 71.8 Å². The SMILES string of the molecule is CC(C)C[C@@H]1NC(=O)[C@H](CCCN)NC(=O)[C@H](C(C)C)NC(=O)[C@H](CCCN)NC(=O)[C@@H]2CCCN2C(=O)[C@@H](Cc2ccccc2)NC(=O)[C@H](CCCN)NC(=O)[C@H](CC(C)C)NC(=O)[C@H](CCCN)NC(=O)[C@H](C23CC4CC(CC(C4)C2)C3)NC(=O)[C@H](CCCN)NC(=O)[C@@H]2CCCN2C(=O)[C@@H](Cc2ccccc2)NC(=O)[C@H](CCCN)NC1=O. The van der Waals surface area contributed by atoms with Gasteiger partial charge in [0.15, 0.2) is 0 Å². The maximum atomic E-state index is 15.7. The number of fused-ring (bicyclic) bond motifs is 2. The molecule has 0 unspecified atom stereocenters. The van der Waals surface area contributed by atoms with E-state index in [9.17, 15) is 24.0 Å². The quantitative estimate of drug-likeness (QED) is 0.0519. The molecule has 2 aromatic carbocycles. The first-order chi connectivity index (χ1) is 57.9. The van der Waals surface area contributed by atoms with Gasteiger partial charge in [-0.1, -0.05) is 102 Å². The molecule has 0 spiro atoms. The zero-order chi connectivity index (χ0) is 88.0. The molecule has 4 saturated carbocycles. The predicted molar refractivity (Wildman–Crippen MR) is 457 cm³/mol. The van der Waals surface area contributed by atoms with Crippen molar-refractivity contribution in [3.8, 4) is 0 Å². The van der Waals surface area contributed by atoms with Crippen LogP contribution in [0.5, 0.6) is 0 Å². The molecule has 14 atom stereocenters. The number of benzene rings is 2. The second kappa shape index (κ2) is 48.0. The van der Waals surface area contributed by atoms with E-state index in [1.165, 1.54) is 9.80 Å². The lowest BCUT2D eigenvalue weighted by Crippen LogP contribution is -2.66. The number of carbonyl (C=O) groups excluding carboxylic acids is 14. The Labute approximate surface area is 712 Å². The summed E-state index contributed by atoms with van der Waals surface area (Å²) in [6, 6.07) is -0.351. The zero-order valence-electron chi connectivity index (χ0n) is 71.9. The van der Waals surface area contributed by atoms with E-state index in [-0.39, 0.29) is 198 Å². The van der Waals surface area contributed by atoms with E-state index in [1.54, 1.807) is 74.5 Å². The van der Waals surface area contributed by atoms with Crippen molar-refractivity contribution in [2.75, 3.05) is 52.4 Å². The van der Waals surface area contributed by atoms with Crippen LogP contribution in [0.4, 0.5) is 0 Å². The Bertz CT molecular complexity index is 3760. The van der Waals surface area contributed by atoms with Gasteiger partial charge in [-0.2, -0.15) is 0 Å². The lowest BCUT2D eigenvalue weighted by molar-refractivity contribution is -0.145. The van der Waals surface area contributed by atoms with Gasteiger partial charge < -0.3 is 108 Å². The molecule has 121 heavy (non-hydrogen) atoms. The lowest BCUT2D eigenvalue weighted by Gasteiger charge is -2.59. The Morgan fingerprint density at radius 2 is 0.603 bits per heavy atom. The molecular weight excluding hydrogens is 1550 g/mol. The van der Waals surface area contributed by atoms with Crippen LogP contribution >= 0.6 is 0 Å². The van der Waals surface area contributed by atoms with E-state index in [4.69, 9.17) is 34.4 Å². The third kappa shape index (κ3) is 28.2. The van der Waals surface area contributed by atoms with Crippen LogP contribution in [0.2, 0.25) is 0 Å². The second-order valence-electron chi connectivity index (χ2n) is 35.7. The third-order valence-corrected chi connectivity index (χ3v) is 24.6. The molecule has 3 heterocycles. The van der Waals surface area contributed by atoms with Gasteiger partial charge in [-0.15, -0.1) is 0 Å². The molecule has 34 heteroatoms. The smallest absolute Gasteiger partial charge is 0.246 e. The van der Waals surface area contributed by atoms with Gasteiger partial charge in [-0.05, 0) is 240 Å². The summed E-state index contributed by atoms with van der Waals surface area (Å²) in [5.74, 6) is -10.4. The van der Waals surface area contributed by atoms with E-state index < -0.39 is 179 Å². The minimum absolute atomic E-state index is 0.00231. The summed E-state index contributed by atoms with van der Waals surface area (Å²) in [6.07, 6.45) is 7.12. The molecule has 4 aliphatic carbocycles. The minimum atomic E-state index is -1.34. The highest BCUT2D eigenvalue weighted by Crippen LogP contribution is 2.61. The number of carbonyl (C=O) groups is 14. The molecule has 24 N–H and O–H groups in total. The molecule has 3 saturated heterocycles. The summed E-state index contributed by atoms with van der Waals surface area (Å²) >= 11 is 0. The average Bonchev–Trinajstić information content (AvgIpc) is 1.12. The first kappa shape index (κ1) is 97.2. The third-order valence-electron chi connectivity index (χ3n) is 24.6. The highest BCUT2D eigenvalue weighted by atomic mass is 16.2. The topological polar surface area (TPSA) is 546 Å². The molecule has 3 aliphatic heterocycles. The minimum Gasteiger partial charge on any atom is -0.343 e. The van der Waals surface area contributed by atoms with E-state index in [0.717, 1.165) is 19.3 Å². The van der Waals surface area contributed by atoms with Gasteiger partial charge in [0.05, 0.1) is 0 Å². The number of hydrogen-bond donors (Lipinski definition) is 18. The van der Waals surface area contributed by atoms with Gasteiger partial charge in [-0.3, -0.25) is 67.1 Å². The van der Waals surface area contributed by atoms with Crippen LogP contribution in [0, 0.1) is 40.9 Å². The highest BCUT2D eigenvalue weighted by Gasteiger charge is 2.57. The van der Waals surface area contributed by atoms with Crippen molar-refractivity contribution in [1.82, 2.24) is 73.6 Å². The molecule has 7 aliphatic rings. The summed E-state index contributed by atoms with van der Waals surface area (Å²) in [6.45, 7) is 11.5. The van der Waals surface area contributed by atoms with E-state index in [1.807, 2.05) is 27.7 Å². The first-order valence-corrected chi connectivity index (χ1v) is 44.5. The van der Waals surface area contributed by atoms with Crippen molar-refractivity contribution < 1.29 is 67.1 Å². The average molecular weight is 1690 g/mol. The summed E-state index contributed by atoms with van der Waals surface area (Å²) in [4.78, 5) is 214. The van der Waals surface area contributed by atoms with Crippen molar-refractivity contribution in [2.24, 2.45) is 75.3 Å². The fourth-order valence-corrected chi connectivity index (χ4v) is 18.8. The van der Waals surface area contributed by atoms with E-state index >= 15 is 43.2 Å². The molecule has 9 rings (SSSR count). The molecule has 672 valence electrons. The van der Waals surface area contributed by atoms with Gasteiger partial charge in [0.25, 0.3) is 0 Å². The van der Waals surface area contributed by atoms with Crippen molar-refractivity contribution >= 4 is 82.7 Å². The molecular formula is C87H140N20O14. The van der Waals surface area contributed by atoms with Gasteiger partial charge in [0.1, 0.15) is 84.6 Å². The largest absolute Gasteiger partial charge is 0.343 e.